The number of nitrogens with zero attached hydrogens (tertiary/aromatic N) is 1. The Morgan fingerprint density at radius 2 is 1.81 bits per heavy atom. The summed E-state index contributed by atoms with van der Waals surface area (Å²) in [6.45, 7) is 1.94. The van der Waals surface area contributed by atoms with Crippen LogP contribution in [-0.2, 0) is 9.63 Å². The molecule has 0 fully saturated rings. The standard InChI is InChI=1S/C21H14ClNO3/c1-13-16(8-5-9-18(13)22)19-11-10-15(25-19)12-17-20(23-26-21(17)24)14-6-3-2-4-7-14/h2-12H,1H3/b17-12-. The first-order chi connectivity index (χ1) is 12.6. The summed E-state index contributed by atoms with van der Waals surface area (Å²) >= 11 is 6.18. The molecule has 0 bridgehead atoms. The summed E-state index contributed by atoms with van der Waals surface area (Å²) in [5.41, 5.74) is 3.51. The van der Waals surface area contributed by atoms with E-state index in [9.17, 15) is 4.79 Å². The van der Waals surface area contributed by atoms with Gasteiger partial charge in [-0.25, -0.2) is 4.79 Å². The molecule has 0 aliphatic carbocycles. The molecule has 1 aliphatic heterocycles. The summed E-state index contributed by atoms with van der Waals surface area (Å²) in [6.07, 6.45) is 1.64. The second-order valence-corrected chi connectivity index (χ2v) is 6.26. The predicted octanol–water partition coefficient (Wildman–Crippen LogP) is 5.25. The number of carbonyl (C=O) groups excluding carboxylic acids is 1. The van der Waals surface area contributed by atoms with Gasteiger partial charge in [0, 0.05) is 16.1 Å². The first kappa shape index (κ1) is 16.4. The highest BCUT2D eigenvalue weighted by atomic mass is 35.5. The summed E-state index contributed by atoms with van der Waals surface area (Å²) in [6, 6.07) is 18.7. The van der Waals surface area contributed by atoms with Crippen molar-refractivity contribution in [3.05, 3.63) is 88.1 Å². The zero-order valence-corrected chi connectivity index (χ0v) is 14.7. The van der Waals surface area contributed by atoms with Gasteiger partial charge in [-0.2, -0.15) is 0 Å². The zero-order valence-electron chi connectivity index (χ0n) is 13.9. The summed E-state index contributed by atoms with van der Waals surface area (Å²) in [5, 5.41) is 4.57. The quantitative estimate of drug-likeness (QED) is 0.471. The number of hydrogen-bond acceptors (Lipinski definition) is 4. The summed E-state index contributed by atoms with van der Waals surface area (Å²) in [4.78, 5) is 16.9. The highest BCUT2D eigenvalue weighted by molar-refractivity contribution is 6.32. The van der Waals surface area contributed by atoms with E-state index in [0.717, 1.165) is 16.7 Å². The van der Waals surface area contributed by atoms with Crippen molar-refractivity contribution < 1.29 is 14.0 Å². The van der Waals surface area contributed by atoms with Crippen LogP contribution in [0.1, 0.15) is 16.9 Å². The Labute approximate surface area is 155 Å². The van der Waals surface area contributed by atoms with Crippen molar-refractivity contribution in [2.24, 2.45) is 5.16 Å². The lowest BCUT2D eigenvalue weighted by Gasteiger charge is -2.04. The molecule has 0 radical (unpaired) electrons. The van der Waals surface area contributed by atoms with Crippen LogP contribution in [0.3, 0.4) is 0 Å². The highest BCUT2D eigenvalue weighted by Crippen LogP contribution is 2.31. The Morgan fingerprint density at radius 1 is 1.00 bits per heavy atom. The van der Waals surface area contributed by atoms with Crippen LogP contribution in [0, 0.1) is 6.92 Å². The van der Waals surface area contributed by atoms with Crippen LogP contribution in [0.5, 0.6) is 0 Å². The number of furan rings is 1. The van der Waals surface area contributed by atoms with Crippen LogP contribution in [0.15, 0.2) is 75.8 Å². The van der Waals surface area contributed by atoms with Crippen LogP contribution in [0.25, 0.3) is 17.4 Å². The maximum absolute atomic E-state index is 12.1. The van der Waals surface area contributed by atoms with Gasteiger partial charge in [0.1, 0.15) is 17.2 Å². The summed E-state index contributed by atoms with van der Waals surface area (Å²) in [5.74, 6) is 0.721. The molecule has 4 nitrogen and oxygen atoms in total. The van der Waals surface area contributed by atoms with E-state index in [1.54, 1.807) is 12.1 Å². The molecule has 0 unspecified atom stereocenters. The SMILES string of the molecule is Cc1c(Cl)cccc1-c1ccc(/C=C2\C(=O)ON=C2c2ccccc2)o1. The van der Waals surface area contributed by atoms with Crippen molar-refractivity contribution in [3.8, 4) is 11.3 Å². The molecule has 2 heterocycles. The molecule has 0 amide bonds. The zero-order chi connectivity index (χ0) is 18.1. The number of oxime groups is 1. The summed E-state index contributed by atoms with van der Waals surface area (Å²) in [7, 11) is 0. The van der Waals surface area contributed by atoms with Gasteiger partial charge in [-0.1, -0.05) is 59.2 Å². The molecule has 5 heteroatoms. The Balaban J connectivity index is 1.70. The minimum absolute atomic E-state index is 0.361. The number of benzene rings is 2. The molecular formula is C21H14ClNO3. The predicted molar refractivity (Wildman–Crippen MR) is 101 cm³/mol. The maximum atomic E-state index is 12.1. The highest BCUT2D eigenvalue weighted by Gasteiger charge is 2.27. The molecule has 3 aromatic rings. The monoisotopic (exact) mass is 363 g/mol. The van der Waals surface area contributed by atoms with Crippen molar-refractivity contribution in [3.63, 3.8) is 0 Å². The maximum Gasteiger partial charge on any atom is 0.368 e. The van der Waals surface area contributed by atoms with E-state index in [1.807, 2.05) is 61.5 Å². The van der Waals surface area contributed by atoms with Gasteiger partial charge in [0.25, 0.3) is 0 Å². The average molecular weight is 364 g/mol. The van der Waals surface area contributed by atoms with E-state index < -0.39 is 5.97 Å². The van der Waals surface area contributed by atoms with Gasteiger partial charge in [0.15, 0.2) is 0 Å². The lowest BCUT2D eigenvalue weighted by atomic mass is 10.0. The van der Waals surface area contributed by atoms with Gasteiger partial charge in [-0.3, -0.25) is 0 Å². The normalized spacial score (nSPS) is 15.2. The number of halogens is 1. The van der Waals surface area contributed by atoms with Gasteiger partial charge in [-0.15, -0.1) is 0 Å². The first-order valence-corrected chi connectivity index (χ1v) is 8.43. The average Bonchev–Trinajstić information content (AvgIpc) is 3.26. The third-order valence-corrected chi connectivity index (χ3v) is 4.60. The van der Waals surface area contributed by atoms with E-state index in [1.165, 1.54) is 0 Å². The van der Waals surface area contributed by atoms with Gasteiger partial charge in [0.05, 0.1) is 5.57 Å². The molecule has 0 spiro atoms. The van der Waals surface area contributed by atoms with E-state index in [0.29, 0.717) is 27.8 Å². The minimum Gasteiger partial charge on any atom is -0.457 e. The van der Waals surface area contributed by atoms with Gasteiger partial charge >= 0.3 is 5.97 Å². The fourth-order valence-corrected chi connectivity index (χ4v) is 2.98. The molecule has 0 N–H and O–H groups in total. The van der Waals surface area contributed by atoms with Crippen molar-refractivity contribution in [2.45, 2.75) is 6.92 Å². The third-order valence-electron chi connectivity index (χ3n) is 4.19. The minimum atomic E-state index is -0.499. The Kier molecular flexibility index (Phi) is 4.19. The fraction of sp³-hybridized carbons (Fsp3) is 0.0476. The van der Waals surface area contributed by atoms with Crippen LogP contribution in [0.2, 0.25) is 5.02 Å². The van der Waals surface area contributed by atoms with Crippen LogP contribution >= 0.6 is 11.6 Å². The Hall–Kier alpha value is -3.11. The first-order valence-electron chi connectivity index (χ1n) is 8.05. The van der Waals surface area contributed by atoms with E-state index in [4.69, 9.17) is 20.9 Å². The molecule has 4 rings (SSSR count). The van der Waals surface area contributed by atoms with Crippen LogP contribution in [-0.4, -0.2) is 11.7 Å². The molecule has 0 atom stereocenters. The van der Waals surface area contributed by atoms with Crippen molar-refractivity contribution in [1.29, 1.82) is 0 Å². The van der Waals surface area contributed by atoms with Crippen molar-refractivity contribution in [1.82, 2.24) is 0 Å². The lowest BCUT2D eigenvalue weighted by molar-refractivity contribution is -0.136. The van der Waals surface area contributed by atoms with E-state index >= 15 is 0 Å². The molecular weight excluding hydrogens is 350 g/mol. The second-order valence-electron chi connectivity index (χ2n) is 5.86. The van der Waals surface area contributed by atoms with E-state index in [-0.39, 0.29) is 0 Å². The van der Waals surface area contributed by atoms with E-state index in [2.05, 4.69) is 5.16 Å². The Morgan fingerprint density at radius 3 is 2.62 bits per heavy atom. The fourth-order valence-electron chi connectivity index (χ4n) is 2.81. The van der Waals surface area contributed by atoms with Gasteiger partial charge < -0.3 is 9.25 Å². The largest absolute Gasteiger partial charge is 0.457 e. The van der Waals surface area contributed by atoms with Crippen LogP contribution < -0.4 is 0 Å². The molecule has 26 heavy (non-hydrogen) atoms. The van der Waals surface area contributed by atoms with Crippen LogP contribution in [0.4, 0.5) is 0 Å². The third kappa shape index (κ3) is 2.95. The number of carbonyl (C=O) groups is 1. The topological polar surface area (TPSA) is 51.8 Å². The molecule has 2 aromatic carbocycles. The molecule has 128 valence electrons. The van der Waals surface area contributed by atoms with Crippen molar-refractivity contribution in [2.75, 3.05) is 0 Å². The molecule has 1 aromatic heterocycles. The Bertz CT molecular complexity index is 1050. The molecule has 0 saturated carbocycles. The smallest absolute Gasteiger partial charge is 0.368 e. The second kappa shape index (κ2) is 6.65. The number of hydrogen-bond donors (Lipinski definition) is 0. The molecule has 1 aliphatic rings. The van der Waals surface area contributed by atoms with Gasteiger partial charge in [0.2, 0.25) is 0 Å². The van der Waals surface area contributed by atoms with Gasteiger partial charge in [-0.05, 0) is 36.8 Å². The number of rotatable bonds is 3. The van der Waals surface area contributed by atoms with Crippen molar-refractivity contribution >= 4 is 29.4 Å². The molecule has 0 saturated heterocycles. The summed E-state index contributed by atoms with van der Waals surface area (Å²) < 4.78 is 5.90. The lowest BCUT2D eigenvalue weighted by Crippen LogP contribution is -2.06.